The molecule has 3 aromatic heterocycles. The van der Waals surface area contributed by atoms with Crippen LogP contribution in [0.3, 0.4) is 0 Å². The van der Waals surface area contributed by atoms with Crippen LogP contribution in [0.25, 0.3) is 5.82 Å². The molecule has 3 rings (SSSR count). The highest BCUT2D eigenvalue weighted by atomic mass is 35.5. The number of nitrogens with one attached hydrogen (secondary N) is 1. The Labute approximate surface area is 128 Å². The normalized spacial score (nSPS) is 10.4. The van der Waals surface area contributed by atoms with Gasteiger partial charge in [0.25, 0.3) is 0 Å². The second kappa shape index (κ2) is 5.74. The molecule has 0 aliphatic rings. The first-order valence-electron chi connectivity index (χ1n) is 6.01. The third kappa shape index (κ3) is 2.69. The van der Waals surface area contributed by atoms with Crippen molar-refractivity contribution in [2.24, 2.45) is 0 Å². The van der Waals surface area contributed by atoms with Crippen molar-refractivity contribution in [3.8, 4) is 5.82 Å². The maximum Gasteiger partial charge on any atom is 0.354 e. The fraction of sp³-hybridized carbons (Fsp3) is 0. The molecule has 0 unspecified atom stereocenters. The Hall–Kier alpha value is -3.07. The monoisotopic (exact) mass is 317 g/mol. The summed E-state index contributed by atoms with van der Waals surface area (Å²) in [5.74, 6) is 0.510. The van der Waals surface area contributed by atoms with E-state index in [2.05, 4.69) is 25.3 Å². The van der Waals surface area contributed by atoms with Crippen LogP contribution in [0, 0.1) is 10.1 Å². The number of halogens is 1. The minimum Gasteiger partial charge on any atom is -0.319 e. The van der Waals surface area contributed by atoms with Crippen molar-refractivity contribution in [1.82, 2.24) is 24.5 Å². The molecule has 0 radical (unpaired) electrons. The van der Waals surface area contributed by atoms with Crippen LogP contribution in [0.4, 0.5) is 17.3 Å². The lowest BCUT2D eigenvalue weighted by Gasteiger charge is -2.08. The highest BCUT2D eigenvalue weighted by molar-refractivity contribution is 6.30. The summed E-state index contributed by atoms with van der Waals surface area (Å²) >= 11 is 5.75. The molecular weight excluding hydrogens is 310 g/mol. The second-order valence-corrected chi connectivity index (χ2v) is 4.54. The lowest BCUT2D eigenvalue weighted by atomic mass is 10.4. The Morgan fingerprint density at radius 2 is 2.14 bits per heavy atom. The minimum atomic E-state index is -0.562. The van der Waals surface area contributed by atoms with E-state index in [9.17, 15) is 10.1 Å². The standard InChI is InChI=1S/C12H8ClN7O2/c13-8-1-2-9(15-5-8)18-11-10(20(21)22)12(17-6-16-11)19-4-3-14-7-19/h1-7H,(H,15,16,17,18). The van der Waals surface area contributed by atoms with Crippen molar-refractivity contribution in [1.29, 1.82) is 0 Å². The van der Waals surface area contributed by atoms with E-state index in [1.807, 2.05) is 0 Å². The number of nitrogens with zero attached hydrogens (tertiary/aromatic N) is 6. The van der Waals surface area contributed by atoms with Gasteiger partial charge in [-0.2, -0.15) is 0 Å². The van der Waals surface area contributed by atoms with E-state index in [0.717, 1.165) is 0 Å². The van der Waals surface area contributed by atoms with Crippen molar-refractivity contribution in [3.05, 3.63) is 58.5 Å². The largest absolute Gasteiger partial charge is 0.354 e. The lowest BCUT2D eigenvalue weighted by molar-refractivity contribution is -0.384. The number of aromatic nitrogens is 5. The molecule has 0 spiro atoms. The van der Waals surface area contributed by atoms with Gasteiger partial charge in [0.1, 0.15) is 18.5 Å². The molecule has 0 aliphatic carbocycles. The van der Waals surface area contributed by atoms with Crippen molar-refractivity contribution in [3.63, 3.8) is 0 Å². The van der Waals surface area contributed by atoms with Gasteiger partial charge in [-0.3, -0.25) is 14.7 Å². The number of imidazole rings is 1. The van der Waals surface area contributed by atoms with Crippen LogP contribution in [0.1, 0.15) is 0 Å². The van der Waals surface area contributed by atoms with Crippen molar-refractivity contribution < 1.29 is 4.92 Å². The van der Waals surface area contributed by atoms with Gasteiger partial charge in [0.15, 0.2) is 0 Å². The average molecular weight is 318 g/mol. The van der Waals surface area contributed by atoms with Gasteiger partial charge < -0.3 is 5.32 Å². The average Bonchev–Trinajstić information content (AvgIpc) is 3.03. The fourth-order valence-electron chi connectivity index (χ4n) is 1.77. The summed E-state index contributed by atoms with van der Waals surface area (Å²) in [5.41, 5.74) is -0.280. The Bertz CT molecular complexity index is 805. The van der Waals surface area contributed by atoms with Gasteiger partial charge in [-0.05, 0) is 12.1 Å². The van der Waals surface area contributed by atoms with Gasteiger partial charge in [-0.1, -0.05) is 11.6 Å². The molecule has 9 nitrogen and oxygen atoms in total. The fourth-order valence-corrected chi connectivity index (χ4v) is 1.89. The Balaban J connectivity index is 2.06. The van der Waals surface area contributed by atoms with Gasteiger partial charge >= 0.3 is 5.69 Å². The highest BCUT2D eigenvalue weighted by Gasteiger charge is 2.24. The molecule has 1 N–H and O–H groups in total. The van der Waals surface area contributed by atoms with E-state index >= 15 is 0 Å². The van der Waals surface area contributed by atoms with Gasteiger partial charge in [0.05, 0.1) is 9.95 Å². The van der Waals surface area contributed by atoms with Crippen molar-refractivity contribution >= 4 is 28.9 Å². The number of nitro groups is 1. The Morgan fingerprint density at radius 3 is 2.77 bits per heavy atom. The van der Waals surface area contributed by atoms with Crippen LogP contribution < -0.4 is 5.32 Å². The topological polar surface area (TPSA) is 112 Å². The zero-order chi connectivity index (χ0) is 15.5. The SMILES string of the molecule is O=[N+]([O-])c1c(Nc2ccc(Cl)cn2)ncnc1-n1ccnc1. The van der Waals surface area contributed by atoms with E-state index in [4.69, 9.17) is 11.6 Å². The molecule has 3 heterocycles. The molecule has 0 amide bonds. The zero-order valence-electron chi connectivity index (χ0n) is 10.9. The smallest absolute Gasteiger partial charge is 0.319 e. The van der Waals surface area contributed by atoms with Crippen LogP contribution in [-0.4, -0.2) is 29.4 Å². The number of anilines is 2. The summed E-state index contributed by atoms with van der Waals surface area (Å²) in [7, 11) is 0. The third-order valence-electron chi connectivity index (χ3n) is 2.71. The van der Waals surface area contributed by atoms with E-state index in [-0.39, 0.29) is 17.3 Å². The summed E-state index contributed by atoms with van der Waals surface area (Å²) < 4.78 is 1.43. The maximum atomic E-state index is 11.4. The van der Waals surface area contributed by atoms with E-state index in [1.165, 1.54) is 29.6 Å². The predicted molar refractivity (Wildman–Crippen MR) is 78.3 cm³/mol. The molecule has 22 heavy (non-hydrogen) atoms. The van der Waals surface area contributed by atoms with E-state index < -0.39 is 4.92 Å². The highest BCUT2D eigenvalue weighted by Crippen LogP contribution is 2.29. The van der Waals surface area contributed by atoms with Crippen LogP contribution in [0.15, 0.2) is 43.4 Å². The Morgan fingerprint density at radius 1 is 1.27 bits per heavy atom. The molecule has 10 heteroatoms. The summed E-state index contributed by atoms with van der Waals surface area (Å²) in [5, 5.41) is 14.6. The summed E-state index contributed by atoms with van der Waals surface area (Å²) in [6, 6.07) is 3.20. The Kier molecular flexibility index (Phi) is 3.62. The number of rotatable bonds is 4. The van der Waals surface area contributed by atoms with Crippen LogP contribution in [-0.2, 0) is 0 Å². The minimum absolute atomic E-state index is 0.0264. The molecule has 0 aliphatic heterocycles. The van der Waals surface area contributed by atoms with E-state index in [0.29, 0.717) is 10.8 Å². The molecule has 0 fully saturated rings. The first-order valence-corrected chi connectivity index (χ1v) is 6.39. The molecule has 0 saturated heterocycles. The third-order valence-corrected chi connectivity index (χ3v) is 2.93. The first-order chi connectivity index (χ1) is 10.6. The van der Waals surface area contributed by atoms with Crippen molar-refractivity contribution in [2.45, 2.75) is 0 Å². The summed E-state index contributed by atoms with van der Waals surface area (Å²) in [6.45, 7) is 0. The number of hydrogen-bond donors (Lipinski definition) is 1. The first kappa shape index (κ1) is 13.9. The van der Waals surface area contributed by atoms with Crippen LogP contribution >= 0.6 is 11.6 Å². The van der Waals surface area contributed by atoms with Gasteiger partial charge in [-0.25, -0.2) is 19.9 Å². The molecule has 0 saturated carbocycles. The second-order valence-electron chi connectivity index (χ2n) is 4.11. The molecule has 0 bridgehead atoms. The zero-order valence-corrected chi connectivity index (χ0v) is 11.7. The van der Waals surface area contributed by atoms with Crippen molar-refractivity contribution in [2.75, 3.05) is 5.32 Å². The maximum absolute atomic E-state index is 11.4. The molecule has 110 valence electrons. The van der Waals surface area contributed by atoms with E-state index in [1.54, 1.807) is 18.3 Å². The lowest BCUT2D eigenvalue weighted by Crippen LogP contribution is -2.07. The van der Waals surface area contributed by atoms with Gasteiger partial charge in [-0.15, -0.1) is 0 Å². The summed E-state index contributed by atoms with van der Waals surface area (Å²) in [6.07, 6.45) is 7.12. The molecule has 0 aromatic carbocycles. The van der Waals surface area contributed by atoms with Crippen LogP contribution in [0.2, 0.25) is 5.02 Å². The van der Waals surface area contributed by atoms with Crippen LogP contribution in [0.5, 0.6) is 0 Å². The van der Waals surface area contributed by atoms with Gasteiger partial charge in [0.2, 0.25) is 11.6 Å². The quantitative estimate of drug-likeness (QED) is 0.580. The number of pyridine rings is 1. The predicted octanol–water partition coefficient (Wildman–Crippen LogP) is 2.36. The molecule has 0 atom stereocenters. The summed E-state index contributed by atoms with van der Waals surface area (Å²) in [4.78, 5) is 26.6. The number of hydrogen-bond acceptors (Lipinski definition) is 7. The molecule has 3 aromatic rings. The van der Waals surface area contributed by atoms with Gasteiger partial charge in [0, 0.05) is 18.6 Å². The molecular formula is C12H8ClN7O2.